The monoisotopic (exact) mass is 436 g/mol. The first-order valence-corrected chi connectivity index (χ1v) is 10.3. The molecule has 1 heterocycles. The van der Waals surface area contributed by atoms with Crippen LogP contribution in [0.5, 0.6) is 0 Å². The van der Waals surface area contributed by atoms with Gasteiger partial charge >= 0.3 is 0 Å². The predicted molar refractivity (Wildman–Crippen MR) is 108 cm³/mol. The summed E-state index contributed by atoms with van der Waals surface area (Å²) in [6.07, 6.45) is -4.41. The summed E-state index contributed by atoms with van der Waals surface area (Å²) >= 11 is 6.25. The summed E-state index contributed by atoms with van der Waals surface area (Å²) in [6.45, 7) is -0.556. The van der Waals surface area contributed by atoms with Crippen molar-refractivity contribution in [1.29, 1.82) is 0 Å². The Hall–Kier alpha value is -1.55. The summed E-state index contributed by atoms with van der Waals surface area (Å²) in [7, 11) is 0. The van der Waals surface area contributed by atoms with Gasteiger partial charge in [-0.15, -0.1) is 0 Å². The van der Waals surface area contributed by atoms with Gasteiger partial charge in [-0.05, 0) is 42.0 Å². The molecule has 4 rings (SSSR count). The summed E-state index contributed by atoms with van der Waals surface area (Å²) in [5.74, 6) is -1.87. The zero-order chi connectivity index (χ0) is 21.6. The maximum Gasteiger partial charge on any atom is 0.218 e. The summed E-state index contributed by atoms with van der Waals surface area (Å²) in [5.41, 5.74) is 1.68. The van der Waals surface area contributed by atoms with Gasteiger partial charge in [-0.2, -0.15) is 0 Å². The Balaban J connectivity index is 1.67. The van der Waals surface area contributed by atoms with Crippen LogP contribution in [-0.4, -0.2) is 61.7 Å². The third kappa shape index (κ3) is 3.88. The van der Waals surface area contributed by atoms with Gasteiger partial charge in [0.05, 0.1) is 6.61 Å². The molecule has 0 aromatic heterocycles. The number of ether oxygens (including phenoxy) is 1. The van der Waals surface area contributed by atoms with E-state index in [-0.39, 0.29) is 16.1 Å². The van der Waals surface area contributed by atoms with E-state index in [9.17, 15) is 30.6 Å². The average Bonchev–Trinajstić information content (AvgIpc) is 3.58. The molecule has 7 nitrogen and oxygen atoms in total. The van der Waals surface area contributed by atoms with Gasteiger partial charge in [0.2, 0.25) is 5.79 Å². The molecule has 0 amide bonds. The third-order valence-electron chi connectivity index (χ3n) is 5.95. The van der Waals surface area contributed by atoms with Crippen LogP contribution in [0.2, 0.25) is 5.02 Å². The van der Waals surface area contributed by atoms with E-state index in [2.05, 4.69) is 0 Å². The maximum atomic E-state index is 10.9. The van der Waals surface area contributed by atoms with Crippen LogP contribution in [0.15, 0.2) is 42.5 Å². The first kappa shape index (κ1) is 21.7. The molecule has 0 bridgehead atoms. The van der Waals surface area contributed by atoms with Gasteiger partial charge in [-0.25, -0.2) is 0 Å². The van der Waals surface area contributed by atoms with Crippen molar-refractivity contribution < 1.29 is 35.4 Å². The van der Waals surface area contributed by atoms with E-state index in [1.165, 1.54) is 18.2 Å². The van der Waals surface area contributed by atoms with Crippen LogP contribution in [0.3, 0.4) is 0 Å². The highest BCUT2D eigenvalue weighted by Crippen LogP contribution is 2.42. The summed E-state index contributed by atoms with van der Waals surface area (Å²) < 4.78 is 5.56. The largest absolute Gasteiger partial charge is 0.394 e. The van der Waals surface area contributed by atoms with Crippen molar-refractivity contribution in [2.24, 2.45) is 0 Å². The second-order valence-corrected chi connectivity index (χ2v) is 8.46. The fraction of sp³-hybridized carbons (Fsp3) is 0.455. The second-order valence-electron chi connectivity index (χ2n) is 8.06. The third-order valence-corrected chi connectivity index (χ3v) is 6.28. The Morgan fingerprint density at radius 1 is 0.900 bits per heavy atom. The quantitative estimate of drug-likeness (QED) is 0.384. The minimum atomic E-state index is -2.40. The smallest absolute Gasteiger partial charge is 0.218 e. The zero-order valence-electron chi connectivity index (χ0n) is 16.1. The van der Waals surface area contributed by atoms with E-state index < -0.39 is 42.9 Å². The van der Waals surface area contributed by atoms with Crippen molar-refractivity contribution in [3.63, 3.8) is 0 Å². The molecule has 0 radical (unpaired) electrons. The van der Waals surface area contributed by atoms with Crippen molar-refractivity contribution in [3.05, 3.63) is 69.7 Å². The highest BCUT2D eigenvalue weighted by Gasteiger charge is 2.44. The van der Waals surface area contributed by atoms with Gasteiger partial charge in [0.1, 0.15) is 30.5 Å². The molecular weight excluding hydrogens is 412 g/mol. The van der Waals surface area contributed by atoms with Crippen LogP contribution in [0.1, 0.15) is 47.1 Å². The maximum absolute atomic E-state index is 10.9. The minimum absolute atomic E-state index is 0.0159. The molecule has 0 spiro atoms. The fourth-order valence-corrected chi connectivity index (χ4v) is 4.17. The molecule has 5 unspecified atom stereocenters. The zero-order valence-corrected chi connectivity index (χ0v) is 16.9. The van der Waals surface area contributed by atoms with Gasteiger partial charge < -0.3 is 35.4 Å². The number of rotatable bonds is 5. The topological polar surface area (TPSA) is 131 Å². The molecule has 2 fully saturated rings. The van der Waals surface area contributed by atoms with Crippen LogP contribution in [0.25, 0.3) is 0 Å². The first-order valence-electron chi connectivity index (χ1n) is 9.89. The molecule has 1 aliphatic heterocycles. The van der Waals surface area contributed by atoms with Gasteiger partial charge in [-0.3, -0.25) is 0 Å². The Morgan fingerprint density at radius 3 is 2.13 bits per heavy atom. The van der Waals surface area contributed by atoms with Gasteiger partial charge in [0.25, 0.3) is 0 Å². The van der Waals surface area contributed by atoms with Crippen molar-refractivity contribution in [1.82, 2.24) is 0 Å². The van der Waals surface area contributed by atoms with Crippen LogP contribution >= 0.6 is 11.6 Å². The molecule has 5 atom stereocenters. The van der Waals surface area contributed by atoms with Crippen molar-refractivity contribution >= 4 is 11.6 Å². The SMILES string of the molecule is OCC1OC(c2ccc(Cl)c(C(O)(O)c3ccc(C4CC4)cc3)c2)C(O)C(O)C1O. The standard InChI is InChI=1S/C22H25ClO7/c23-16-8-5-13(21-20(27)19(26)18(25)17(10-24)30-21)9-15(16)22(28,29)14-6-3-12(4-7-14)11-1-2-11/h3-9,11,17-21,24-29H,1-2,10H2. The number of halogens is 1. The molecular formula is C22H25ClO7. The summed E-state index contributed by atoms with van der Waals surface area (Å²) in [6, 6.07) is 11.4. The van der Waals surface area contributed by atoms with Crippen LogP contribution in [-0.2, 0) is 10.5 Å². The molecule has 2 aromatic carbocycles. The van der Waals surface area contributed by atoms with Crippen molar-refractivity contribution in [3.8, 4) is 0 Å². The molecule has 1 aliphatic carbocycles. The lowest BCUT2D eigenvalue weighted by atomic mass is 9.88. The van der Waals surface area contributed by atoms with Gasteiger partial charge in [0, 0.05) is 16.1 Å². The van der Waals surface area contributed by atoms with E-state index in [4.69, 9.17) is 16.3 Å². The average molecular weight is 437 g/mol. The van der Waals surface area contributed by atoms with Gasteiger partial charge in [0.15, 0.2) is 0 Å². The second kappa shape index (κ2) is 8.18. The van der Waals surface area contributed by atoms with Crippen molar-refractivity contribution in [2.75, 3.05) is 6.61 Å². The van der Waals surface area contributed by atoms with Crippen LogP contribution < -0.4 is 0 Å². The highest BCUT2D eigenvalue weighted by atomic mass is 35.5. The Bertz CT molecular complexity index is 895. The lowest BCUT2D eigenvalue weighted by Crippen LogP contribution is -2.55. The number of aliphatic hydroxyl groups is 6. The van der Waals surface area contributed by atoms with Crippen LogP contribution in [0, 0.1) is 0 Å². The Labute approximate surface area is 178 Å². The van der Waals surface area contributed by atoms with E-state index in [1.807, 2.05) is 12.1 Å². The highest BCUT2D eigenvalue weighted by molar-refractivity contribution is 6.31. The lowest BCUT2D eigenvalue weighted by Gasteiger charge is -2.40. The number of aliphatic hydroxyl groups excluding tert-OH is 4. The molecule has 2 aliphatic rings. The lowest BCUT2D eigenvalue weighted by molar-refractivity contribution is -0.231. The van der Waals surface area contributed by atoms with E-state index >= 15 is 0 Å². The number of hydrogen-bond donors (Lipinski definition) is 6. The molecule has 30 heavy (non-hydrogen) atoms. The normalized spacial score (nSPS) is 29.8. The number of hydrogen-bond acceptors (Lipinski definition) is 7. The minimum Gasteiger partial charge on any atom is -0.394 e. The van der Waals surface area contributed by atoms with E-state index in [1.54, 1.807) is 12.1 Å². The fourth-order valence-electron chi connectivity index (χ4n) is 3.92. The summed E-state index contributed by atoms with van der Waals surface area (Å²) in [5, 5.41) is 61.7. The summed E-state index contributed by atoms with van der Waals surface area (Å²) in [4.78, 5) is 0. The van der Waals surface area contributed by atoms with Crippen molar-refractivity contribution in [2.45, 2.75) is 55.1 Å². The van der Waals surface area contributed by atoms with E-state index in [0.29, 0.717) is 11.5 Å². The van der Waals surface area contributed by atoms with E-state index in [0.717, 1.165) is 18.4 Å². The molecule has 162 valence electrons. The molecule has 1 saturated carbocycles. The Morgan fingerprint density at radius 2 is 1.53 bits per heavy atom. The molecule has 6 N–H and O–H groups in total. The van der Waals surface area contributed by atoms with Crippen LogP contribution in [0.4, 0.5) is 0 Å². The predicted octanol–water partition coefficient (Wildman–Crippen LogP) is 0.918. The molecule has 1 saturated heterocycles. The van der Waals surface area contributed by atoms with Gasteiger partial charge in [-0.1, -0.05) is 41.9 Å². The Kier molecular flexibility index (Phi) is 5.91. The molecule has 8 heteroatoms. The number of benzene rings is 2. The first-order chi connectivity index (χ1) is 14.2. The molecule has 2 aromatic rings.